The molecule has 82 valence electrons. The van der Waals surface area contributed by atoms with Crippen LogP contribution in [0.1, 0.15) is 0 Å². The minimum absolute atomic E-state index is 0. The van der Waals surface area contributed by atoms with Gasteiger partial charge in [-0.1, -0.05) is 6.07 Å². The van der Waals surface area contributed by atoms with Crippen molar-refractivity contribution in [3.05, 3.63) is 24.3 Å². The maximum atomic E-state index is 10.6. The topological polar surface area (TPSA) is 109 Å². The van der Waals surface area contributed by atoms with Crippen molar-refractivity contribution in [3.8, 4) is 0 Å². The Morgan fingerprint density at radius 2 is 1.20 bits per heavy atom. The van der Waals surface area contributed by atoms with Crippen molar-refractivity contribution in [3.63, 3.8) is 0 Å². The maximum absolute atomic E-state index is 10.6. The molecule has 6 nitrogen and oxygen atoms in total. The van der Waals surface area contributed by atoms with Gasteiger partial charge >= 0.3 is 45.5 Å². The molecule has 15 heavy (non-hydrogen) atoms. The van der Waals surface area contributed by atoms with Crippen molar-refractivity contribution in [2.24, 2.45) is 0 Å². The molecule has 0 aliphatic rings. The van der Waals surface area contributed by atoms with Gasteiger partial charge in [0.2, 0.25) is 0 Å². The zero-order valence-corrected chi connectivity index (χ0v) is 8.29. The van der Waals surface area contributed by atoms with E-state index in [2.05, 4.69) is 0 Å². The van der Waals surface area contributed by atoms with Gasteiger partial charge in [0.05, 0.1) is 9.79 Å². The second-order valence-electron chi connectivity index (χ2n) is 2.42. The monoisotopic (exact) mass is 328 g/mol. The predicted octanol–water partition coefficient (Wildman–Crippen LogP) is -0.736. The van der Waals surface area contributed by atoms with E-state index in [0.29, 0.717) is 6.07 Å². The van der Waals surface area contributed by atoms with E-state index in [1.54, 1.807) is 0 Å². The zero-order valence-electron chi connectivity index (χ0n) is 6.65. The molecule has 0 heterocycles. The van der Waals surface area contributed by atoms with Gasteiger partial charge in [0.15, 0.2) is 0 Å². The van der Waals surface area contributed by atoms with Crippen LogP contribution < -0.4 is 0 Å². The fourth-order valence-electron chi connectivity index (χ4n) is 0.795. The van der Waals surface area contributed by atoms with Crippen molar-refractivity contribution < 1.29 is 25.9 Å². The van der Waals surface area contributed by atoms with Gasteiger partial charge in [0, 0.05) is 0 Å². The summed E-state index contributed by atoms with van der Waals surface area (Å²) in [6.45, 7) is 0. The third kappa shape index (κ3) is 4.49. The van der Waals surface area contributed by atoms with E-state index < -0.39 is 30.0 Å². The van der Waals surface area contributed by atoms with Crippen molar-refractivity contribution in [2.75, 3.05) is 0 Å². The van der Waals surface area contributed by atoms with Gasteiger partial charge in [-0.05, 0) is 18.2 Å². The molecule has 0 saturated heterocycles. The van der Waals surface area contributed by atoms with Gasteiger partial charge in [0.25, 0.3) is 20.2 Å². The molecule has 9 heteroatoms. The summed E-state index contributed by atoms with van der Waals surface area (Å²) in [4.78, 5) is -1.18. The summed E-state index contributed by atoms with van der Waals surface area (Å²) in [7, 11) is -8.92. The molecular formula is C6H8O6S2Sr. The average Bonchev–Trinajstić information content (AvgIpc) is 2.01. The van der Waals surface area contributed by atoms with Gasteiger partial charge in [-0.2, -0.15) is 16.8 Å². The van der Waals surface area contributed by atoms with Crippen LogP contribution >= 0.6 is 0 Å². The summed E-state index contributed by atoms with van der Waals surface area (Å²) in [6.07, 6.45) is 0. The van der Waals surface area contributed by atoms with Crippen molar-refractivity contribution in [1.82, 2.24) is 0 Å². The van der Waals surface area contributed by atoms with Crippen LogP contribution in [0.2, 0.25) is 0 Å². The van der Waals surface area contributed by atoms with Crippen LogP contribution in [-0.2, 0) is 20.2 Å². The molecule has 0 fully saturated rings. The second kappa shape index (κ2) is 5.23. The van der Waals surface area contributed by atoms with E-state index in [1.165, 1.54) is 0 Å². The molecule has 1 aromatic carbocycles. The Hall–Kier alpha value is 0.521. The zero-order chi connectivity index (χ0) is 11.0. The molecule has 0 aliphatic heterocycles. The summed E-state index contributed by atoms with van der Waals surface area (Å²) in [5.74, 6) is 0. The van der Waals surface area contributed by atoms with Gasteiger partial charge in [0.1, 0.15) is 0 Å². The standard InChI is InChI=1S/C6H6O6S2.Sr.2H/c7-13(8,9)5-2-1-3-6(4-5)14(10,11)12;;;/h1-4H,(H,7,8,9)(H,10,11,12);;;. The van der Waals surface area contributed by atoms with Crippen LogP contribution in [0.25, 0.3) is 0 Å². The van der Waals surface area contributed by atoms with E-state index >= 15 is 0 Å². The minimum atomic E-state index is -4.46. The summed E-state index contributed by atoms with van der Waals surface area (Å²) in [5.41, 5.74) is 0. The normalized spacial score (nSPS) is 11.9. The molecule has 0 bridgehead atoms. The molecule has 1 aromatic rings. The van der Waals surface area contributed by atoms with Crippen LogP contribution in [0.3, 0.4) is 0 Å². The second-order valence-corrected chi connectivity index (χ2v) is 5.27. The molecule has 1 rings (SSSR count). The summed E-state index contributed by atoms with van der Waals surface area (Å²) in [6, 6.07) is 3.75. The predicted molar refractivity (Wildman–Crippen MR) is 54.6 cm³/mol. The fourth-order valence-corrected chi connectivity index (χ4v) is 1.92. The van der Waals surface area contributed by atoms with Gasteiger partial charge in [-0.25, -0.2) is 0 Å². The Morgan fingerprint density at radius 1 is 0.867 bits per heavy atom. The van der Waals surface area contributed by atoms with Crippen LogP contribution in [0.15, 0.2) is 34.1 Å². The van der Waals surface area contributed by atoms with E-state index in [9.17, 15) is 16.8 Å². The summed E-state index contributed by atoms with van der Waals surface area (Å²) in [5, 5.41) is 0. The third-order valence-corrected chi connectivity index (χ3v) is 3.10. The molecule has 0 aromatic heterocycles. The first-order chi connectivity index (χ1) is 6.21. The Kier molecular flexibility index (Phi) is 5.42. The van der Waals surface area contributed by atoms with Crippen molar-refractivity contribution >= 4 is 65.7 Å². The Balaban J connectivity index is 0.00000196. The van der Waals surface area contributed by atoms with E-state index in [1.807, 2.05) is 0 Å². The van der Waals surface area contributed by atoms with E-state index in [-0.39, 0.29) is 45.5 Å². The van der Waals surface area contributed by atoms with Crippen molar-refractivity contribution in [1.29, 1.82) is 0 Å². The molecule has 0 radical (unpaired) electrons. The van der Waals surface area contributed by atoms with Crippen LogP contribution in [-0.4, -0.2) is 71.4 Å². The average molecular weight is 328 g/mol. The Morgan fingerprint density at radius 3 is 1.47 bits per heavy atom. The Bertz CT molecular complexity index is 499. The summed E-state index contributed by atoms with van der Waals surface area (Å²) >= 11 is 0. The molecule has 0 spiro atoms. The fraction of sp³-hybridized carbons (Fsp3) is 0. The van der Waals surface area contributed by atoms with Gasteiger partial charge < -0.3 is 0 Å². The van der Waals surface area contributed by atoms with Gasteiger partial charge in [-0.3, -0.25) is 9.11 Å². The van der Waals surface area contributed by atoms with Crippen LogP contribution in [0.4, 0.5) is 0 Å². The molecule has 0 unspecified atom stereocenters. The quantitative estimate of drug-likeness (QED) is 0.547. The van der Waals surface area contributed by atoms with Crippen molar-refractivity contribution in [2.45, 2.75) is 9.79 Å². The molecular weight excluding hydrogens is 320 g/mol. The first kappa shape index (κ1) is 15.5. The van der Waals surface area contributed by atoms with E-state index in [0.717, 1.165) is 18.2 Å². The van der Waals surface area contributed by atoms with Crippen LogP contribution in [0.5, 0.6) is 0 Å². The first-order valence-corrected chi connectivity index (χ1v) is 6.14. The number of benzene rings is 1. The van der Waals surface area contributed by atoms with E-state index in [4.69, 9.17) is 9.11 Å². The molecule has 0 saturated carbocycles. The molecule has 0 atom stereocenters. The third-order valence-electron chi connectivity index (χ3n) is 1.40. The number of rotatable bonds is 2. The SMILES string of the molecule is O=S(=O)(O)c1cccc(S(=O)(=O)O)c1.[SrH2]. The number of hydrogen-bond donors (Lipinski definition) is 2. The number of hydrogen-bond acceptors (Lipinski definition) is 4. The molecule has 2 N–H and O–H groups in total. The Labute approximate surface area is 124 Å². The molecule has 0 amide bonds. The summed E-state index contributed by atoms with van der Waals surface area (Å²) < 4.78 is 59.5. The van der Waals surface area contributed by atoms with Crippen LogP contribution in [0, 0.1) is 0 Å². The molecule has 0 aliphatic carbocycles. The van der Waals surface area contributed by atoms with Gasteiger partial charge in [-0.15, -0.1) is 0 Å². The first-order valence-electron chi connectivity index (χ1n) is 3.26.